The van der Waals surface area contributed by atoms with Crippen LogP contribution < -0.4 is 10.9 Å². The largest absolute Gasteiger partial charge is 0.341 e. The number of halogens is 1. The Morgan fingerprint density at radius 1 is 1.29 bits per heavy atom. The number of rotatable bonds is 2. The second kappa shape index (κ2) is 6.67. The highest BCUT2D eigenvalue weighted by Gasteiger charge is 2.36. The molecule has 1 aromatic carbocycles. The van der Waals surface area contributed by atoms with Crippen molar-refractivity contribution in [3.05, 3.63) is 42.2 Å². The number of amides is 1. The van der Waals surface area contributed by atoms with Gasteiger partial charge < -0.3 is 4.90 Å². The lowest BCUT2D eigenvalue weighted by molar-refractivity contribution is -0.134. The summed E-state index contributed by atoms with van der Waals surface area (Å²) < 4.78 is 0. The van der Waals surface area contributed by atoms with Crippen molar-refractivity contribution >= 4 is 28.3 Å². The van der Waals surface area contributed by atoms with Crippen LogP contribution in [0.1, 0.15) is 24.5 Å². The molecule has 126 valence electrons. The number of piperidine rings is 1. The van der Waals surface area contributed by atoms with Crippen molar-refractivity contribution in [1.82, 2.24) is 20.7 Å². The normalized spacial score (nSPS) is 27.5. The van der Waals surface area contributed by atoms with Gasteiger partial charge in [0.05, 0.1) is 5.38 Å². The van der Waals surface area contributed by atoms with Crippen LogP contribution in [0.3, 0.4) is 0 Å². The summed E-state index contributed by atoms with van der Waals surface area (Å²) >= 11 is 6.23. The average Bonchev–Trinajstić information content (AvgIpc) is 3.07. The van der Waals surface area contributed by atoms with Crippen LogP contribution in [-0.4, -0.2) is 46.8 Å². The van der Waals surface area contributed by atoms with E-state index in [4.69, 9.17) is 11.6 Å². The molecular formula is C18H21ClN4O. The Morgan fingerprint density at radius 3 is 2.92 bits per heavy atom. The first-order chi connectivity index (χ1) is 11.7. The molecule has 1 aromatic heterocycles. The number of nitrogens with one attached hydrogen (secondary N) is 2. The zero-order chi connectivity index (χ0) is 16.5. The van der Waals surface area contributed by atoms with Crippen LogP contribution in [-0.2, 0) is 4.79 Å². The predicted octanol–water partition coefficient (Wildman–Crippen LogP) is 2.02. The summed E-state index contributed by atoms with van der Waals surface area (Å²) in [6.45, 7) is 2.12. The Balaban J connectivity index is 1.52. The number of carbonyl (C=O) groups excluding carboxylic acids is 1. The van der Waals surface area contributed by atoms with Crippen molar-refractivity contribution in [2.45, 2.75) is 30.2 Å². The molecule has 1 amide bonds. The van der Waals surface area contributed by atoms with Crippen LogP contribution >= 0.6 is 11.6 Å². The minimum Gasteiger partial charge on any atom is -0.341 e. The van der Waals surface area contributed by atoms with Crippen LogP contribution in [0.15, 0.2) is 36.5 Å². The number of hydrogen-bond donors (Lipinski definition) is 2. The van der Waals surface area contributed by atoms with Gasteiger partial charge in [0.25, 0.3) is 0 Å². The summed E-state index contributed by atoms with van der Waals surface area (Å²) in [4.78, 5) is 19.3. The van der Waals surface area contributed by atoms with E-state index in [1.54, 1.807) is 0 Å². The molecule has 4 rings (SSSR count). The molecular weight excluding hydrogens is 324 g/mol. The molecule has 2 N–H and O–H groups in total. The van der Waals surface area contributed by atoms with Gasteiger partial charge in [-0.15, -0.1) is 11.6 Å². The summed E-state index contributed by atoms with van der Waals surface area (Å²) in [6.07, 6.45) is 4.00. The van der Waals surface area contributed by atoms with E-state index in [0.29, 0.717) is 13.1 Å². The van der Waals surface area contributed by atoms with Gasteiger partial charge in [0, 0.05) is 42.8 Å². The second-order valence-electron chi connectivity index (χ2n) is 6.60. The predicted molar refractivity (Wildman–Crippen MR) is 94.9 cm³/mol. The Hall–Kier alpha value is -1.69. The molecule has 0 aliphatic carbocycles. The van der Waals surface area contributed by atoms with Gasteiger partial charge in [-0.2, -0.15) is 0 Å². The van der Waals surface area contributed by atoms with Gasteiger partial charge in [0.2, 0.25) is 5.91 Å². The summed E-state index contributed by atoms with van der Waals surface area (Å²) in [5.74, 6) is 0.376. The van der Waals surface area contributed by atoms with Crippen molar-refractivity contribution in [2.24, 2.45) is 0 Å². The zero-order valence-electron chi connectivity index (χ0n) is 13.4. The lowest BCUT2D eigenvalue weighted by Crippen LogP contribution is -2.51. The van der Waals surface area contributed by atoms with Crippen molar-refractivity contribution in [3.63, 3.8) is 0 Å². The molecule has 2 fully saturated rings. The molecule has 0 saturated carbocycles. The molecule has 5 nitrogen and oxygen atoms in total. The first-order valence-electron chi connectivity index (χ1n) is 8.48. The van der Waals surface area contributed by atoms with Crippen molar-refractivity contribution in [3.8, 4) is 0 Å². The molecule has 2 aromatic rings. The van der Waals surface area contributed by atoms with Crippen molar-refractivity contribution < 1.29 is 4.79 Å². The van der Waals surface area contributed by atoms with Gasteiger partial charge in [-0.1, -0.05) is 24.3 Å². The number of hydrogen-bond acceptors (Lipinski definition) is 4. The van der Waals surface area contributed by atoms with Crippen LogP contribution in [0.25, 0.3) is 10.8 Å². The maximum atomic E-state index is 12.7. The standard InChI is InChI=1S/C18H21ClN4O/c19-15-10-21-22-17(15)18(24)23-7-3-6-14(11-23)16-8-12-4-1-2-5-13(12)9-20-16/h1-2,4-5,8-9,14-15,17,21-22H,3,6-7,10-11H2. The Kier molecular flexibility index (Phi) is 4.39. The smallest absolute Gasteiger partial charge is 0.242 e. The summed E-state index contributed by atoms with van der Waals surface area (Å²) in [5.41, 5.74) is 7.03. The summed E-state index contributed by atoms with van der Waals surface area (Å²) in [7, 11) is 0. The van der Waals surface area contributed by atoms with E-state index in [1.165, 1.54) is 5.39 Å². The maximum absolute atomic E-state index is 12.7. The molecule has 3 atom stereocenters. The Labute approximate surface area is 146 Å². The van der Waals surface area contributed by atoms with Crippen LogP contribution in [0.4, 0.5) is 0 Å². The fourth-order valence-corrected chi connectivity index (χ4v) is 3.88. The van der Waals surface area contributed by atoms with Crippen LogP contribution in [0.5, 0.6) is 0 Å². The molecule has 0 bridgehead atoms. The third-order valence-corrected chi connectivity index (χ3v) is 5.39. The first kappa shape index (κ1) is 15.8. The van der Waals surface area contributed by atoms with Gasteiger partial charge >= 0.3 is 0 Å². The zero-order valence-corrected chi connectivity index (χ0v) is 14.2. The minimum atomic E-state index is -0.338. The van der Waals surface area contributed by atoms with E-state index in [0.717, 1.165) is 30.5 Å². The molecule has 3 unspecified atom stereocenters. The quantitative estimate of drug-likeness (QED) is 0.818. The Morgan fingerprint density at radius 2 is 2.12 bits per heavy atom. The summed E-state index contributed by atoms with van der Waals surface area (Å²) in [5, 5.41) is 2.15. The molecule has 0 spiro atoms. The molecule has 6 heteroatoms. The van der Waals surface area contributed by atoms with E-state index < -0.39 is 0 Å². The number of carbonyl (C=O) groups is 1. The number of nitrogens with zero attached hydrogens (tertiary/aromatic N) is 2. The molecule has 0 radical (unpaired) electrons. The number of pyridine rings is 1. The topological polar surface area (TPSA) is 57.3 Å². The molecule has 2 aliphatic heterocycles. The van der Waals surface area contributed by atoms with Gasteiger partial charge in [0.15, 0.2) is 0 Å². The van der Waals surface area contributed by atoms with E-state index >= 15 is 0 Å². The van der Waals surface area contributed by atoms with Crippen molar-refractivity contribution in [1.29, 1.82) is 0 Å². The van der Waals surface area contributed by atoms with Gasteiger partial charge in [0.1, 0.15) is 6.04 Å². The number of likely N-dealkylation sites (tertiary alicyclic amines) is 1. The Bertz CT molecular complexity index is 753. The van der Waals surface area contributed by atoms with E-state index in [9.17, 15) is 4.79 Å². The molecule has 2 aliphatic rings. The molecule has 2 saturated heterocycles. The third kappa shape index (κ3) is 2.99. The average molecular weight is 345 g/mol. The van der Waals surface area contributed by atoms with Crippen molar-refractivity contribution in [2.75, 3.05) is 19.6 Å². The number of fused-ring (bicyclic) bond motifs is 1. The second-order valence-corrected chi connectivity index (χ2v) is 7.16. The number of hydrazine groups is 1. The highest BCUT2D eigenvalue weighted by Crippen LogP contribution is 2.28. The molecule has 3 heterocycles. The SMILES string of the molecule is O=C(C1NNCC1Cl)N1CCCC(c2cc3ccccc3cn2)C1. The lowest BCUT2D eigenvalue weighted by atomic mass is 9.93. The monoisotopic (exact) mass is 344 g/mol. The van der Waals surface area contributed by atoms with Gasteiger partial charge in [-0.05, 0) is 24.3 Å². The summed E-state index contributed by atoms with van der Waals surface area (Å²) in [6, 6.07) is 10.1. The van der Waals surface area contributed by atoms with Gasteiger partial charge in [-0.3, -0.25) is 15.2 Å². The number of alkyl halides is 1. The fourth-order valence-electron chi connectivity index (χ4n) is 3.63. The van der Waals surface area contributed by atoms with E-state index in [1.807, 2.05) is 23.2 Å². The van der Waals surface area contributed by atoms with E-state index in [-0.39, 0.29) is 23.2 Å². The highest BCUT2D eigenvalue weighted by atomic mass is 35.5. The highest BCUT2D eigenvalue weighted by molar-refractivity contribution is 6.23. The van der Waals surface area contributed by atoms with E-state index in [2.05, 4.69) is 34.0 Å². The van der Waals surface area contributed by atoms with Crippen LogP contribution in [0, 0.1) is 0 Å². The van der Waals surface area contributed by atoms with Crippen LogP contribution in [0.2, 0.25) is 0 Å². The fraction of sp³-hybridized carbons (Fsp3) is 0.444. The number of benzene rings is 1. The van der Waals surface area contributed by atoms with Gasteiger partial charge in [-0.25, -0.2) is 5.43 Å². The third-order valence-electron chi connectivity index (χ3n) is 4.99. The minimum absolute atomic E-state index is 0.0884. The maximum Gasteiger partial charge on any atom is 0.242 e. The first-order valence-corrected chi connectivity index (χ1v) is 8.92. The lowest BCUT2D eigenvalue weighted by Gasteiger charge is -2.34. The molecule has 24 heavy (non-hydrogen) atoms. The number of aromatic nitrogens is 1.